The molecule has 31 heavy (non-hydrogen) atoms. The number of hydrogen-bond donors (Lipinski definition) is 1. The Kier molecular flexibility index (Phi) is 6.22. The van der Waals surface area contributed by atoms with E-state index in [1.165, 1.54) is 0 Å². The van der Waals surface area contributed by atoms with Gasteiger partial charge in [-0.2, -0.15) is 0 Å². The second kappa shape index (κ2) is 9.58. The molecule has 1 atom stereocenters. The Morgan fingerprint density at radius 3 is 2.84 bits per heavy atom. The molecule has 3 heterocycles. The Labute approximate surface area is 186 Å². The summed E-state index contributed by atoms with van der Waals surface area (Å²) in [6, 6.07) is 18.3. The zero-order chi connectivity index (χ0) is 20.9. The average molecular weight is 435 g/mol. The highest BCUT2D eigenvalue weighted by atomic mass is 32.2. The van der Waals surface area contributed by atoms with Gasteiger partial charge in [0, 0.05) is 35.0 Å². The van der Waals surface area contributed by atoms with E-state index in [9.17, 15) is 0 Å². The summed E-state index contributed by atoms with van der Waals surface area (Å²) in [7, 11) is 0. The maximum atomic E-state index is 5.92. The molecule has 7 heteroatoms. The first-order chi connectivity index (χ1) is 15.4. The van der Waals surface area contributed by atoms with Gasteiger partial charge in [0.1, 0.15) is 5.75 Å². The minimum Gasteiger partial charge on any atom is -0.494 e. The van der Waals surface area contributed by atoms with E-state index in [1.807, 2.05) is 42.6 Å². The minimum atomic E-state index is 0.223. The normalized spacial score (nSPS) is 16.2. The number of ether oxygens (including phenoxy) is 2. The van der Waals surface area contributed by atoms with Crippen molar-refractivity contribution in [1.82, 2.24) is 19.7 Å². The van der Waals surface area contributed by atoms with Crippen LogP contribution in [0.5, 0.6) is 5.75 Å². The van der Waals surface area contributed by atoms with Crippen LogP contribution in [-0.2, 0) is 11.3 Å². The van der Waals surface area contributed by atoms with Crippen molar-refractivity contribution in [2.75, 3.05) is 19.0 Å². The fraction of sp³-hybridized carbons (Fsp3) is 0.333. The molecule has 1 aliphatic heterocycles. The van der Waals surface area contributed by atoms with Crippen LogP contribution in [-0.4, -0.2) is 44.8 Å². The third-order valence-corrected chi connectivity index (χ3v) is 6.54. The zero-order valence-corrected chi connectivity index (χ0v) is 18.2. The van der Waals surface area contributed by atoms with E-state index in [0.29, 0.717) is 6.61 Å². The van der Waals surface area contributed by atoms with Crippen molar-refractivity contribution in [3.05, 3.63) is 60.8 Å². The number of H-pyrrole nitrogens is 1. The molecular weight excluding hydrogens is 408 g/mol. The molecule has 0 aliphatic carbocycles. The van der Waals surface area contributed by atoms with Gasteiger partial charge in [0.2, 0.25) is 0 Å². The lowest BCUT2D eigenvalue weighted by molar-refractivity contribution is 0.0953. The van der Waals surface area contributed by atoms with Gasteiger partial charge in [0.05, 0.1) is 19.3 Å². The van der Waals surface area contributed by atoms with Crippen LogP contribution in [0.25, 0.3) is 22.3 Å². The average Bonchev–Trinajstić information content (AvgIpc) is 3.55. The Morgan fingerprint density at radius 2 is 1.97 bits per heavy atom. The molecule has 0 radical (unpaired) electrons. The number of thioether (sulfide) groups is 1. The molecule has 6 nitrogen and oxygen atoms in total. The van der Waals surface area contributed by atoms with E-state index in [4.69, 9.17) is 9.47 Å². The van der Waals surface area contributed by atoms with Crippen LogP contribution in [0.2, 0.25) is 0 Å². The quantitative estimate of drug-likeness (QED) is 0.291. The van der Waals surface area contributed by atoms with Crippen LogP contribution in [0.3, 0.4) is 0 Å². The zero-order valence-electron chi connectivity index (χ0n) is 17.4. The molecule has 1 N–H and O–H groups in total. The van der Waals surface area contributed by atoms with Crippen LogP contribution in [0.15, 0.2) is 66.0 Å². The lowest BCUT2D eigenvalue weighted by atomic mass is 10.1. The molecule has 0 amide bonds. The molecular formula is C24H26N4O2S. The van der Waals surface area contributed by atoms with Gasteiger partial charge in [-0.3, -0.25) is 4.57 Å². The number of fused-ring (bicyclic) bond motifs is 1. The highest BCUT2D eigenvalue weighted by molar-refractivity contribution is 7.99. The number of hydrogen-bond acceptors (Lipinski definition) is 5. The van der Waals surface area contributed by atoms with Crippen molar-refractivity contribution in [2.45, 2.75) is 37.1 Å². The van der Waals surface area contributed by atoms with Gasteiger partial charge >= 0.3 is 0 Å². The first-order valence-electron chi connectivity index (χ1n) is 10.8. The van der Waals surface area contributed by atoms with E-state index in [2.05, 4.69) is 37.9 Å². The van der Waals surface area contributed by atoms with Gasteiger partial charge in [-0.25, -0.2) is 0 Å². The van der Waals surface area contributed by atoms with Crippen molar-refractivity contribution in [1.29, 1.82) is 0 Å². The van der Waals surface area contributed by atoms with Crippen LogP contribution >= 0.6 is 11.8 Å². The Morgan fingerprint density at radius 1 is 1.10 bits per heavy atom. The monoisotopic (exact) mass is 434 g/mol. The van der Waals surface area contributed by atoms with Crippen molar-refractivity contribution in [2.24, 2.45) is 0 Å². The standard InChI is InChI=1S/C24H26N4O2S/c1-2-8-18(9-3-1)29-14-7-15-31-24-27-26-23(28(24)17-19-10-6-13-30-19)21-16-25-22-12-5-4-11-20(21)22/h1-5,8-9,11-12,16,19,25H,6-7,10,13-15,17H2. The van der Waals surface area contributed by atoms with Crippen molar-refractivity contribution in [3.8, 4) is 17.1 Å². The van der Waals surface area contributed by atoms with Crippen molar-refractivity contribution in [3.63, 3.8) is 0 Å². The molecule has 1 aliphatic rings. The molecule has 2 aromatic carbocycles. The summed E-state index contributed by atoms with van der Waals surface area (Å²) >= 11 is 1.73. The number of aromatic nitrogens is 4. The molecule has 5 rings (SSSR count). The largest absolute Gasteiger partial charge is 0.494 e. The Balaban J connectivity index is 1.31. The highest BCUT2D eigenvalue weighted by Gasteiger charge is 2.23. The molecule has 1 fully saturated rings. The van der Waals surface area contributed by atoms with E-state index < -0.39 is 0 Å². The molecule has 160 valence electrons. The fourth-order valence-electron chi connectivity index (χ4n) is 3.94. The Hall–Kier alpha value is -2.77. The number of para-hydroxylation sites is 2. The topological polar surface area (TPSA) is 65.0 Å². The number of nitrogens with zero attached hydrogens (tertiary/aromatic N) is 3. The summed E-state index contributed by atoms with van der Waals surface area (Å²) in [4.78, 5) is 3.36. The number of rotatable bonds is 9. The third-order valence-electron chi connectivity index (χ3n) is 5.49. The van der Waals surface area contributed by atoms with E-state index in [1.54, 1.807) is 11.8 Å². The molecule has 2 aromatic heterocycles. The van der Waals surface area contributed by atoms with Crippen LogP contribution in [0.1, 0.15) is 19.3 Å². The van der Waals surface area contributed by atoms with Gasteiger partial charge in [-0.1, -0.05) is 48.2 Å². The van der Waals surface area contributed by atoms with E-state index >= 15 is 0 Å². The summed E-state index contributed by atoms with van der Waals surface area (Å²) in [5.41, 5.74) is 2.19. The highest BCUT2D eigenvalue weighted by Crippen LogP contribution is 2.31. The smallest absolute Gasteiger partial charge is 0.191 e. The van der Waals surface area contributed by atoms with Gasteiger partial charge in [0.15, 0.2) is 11.0 Å². The fourth-order valence-corrected chi connectivity index (χ4v) is 4.80. The molecule has 1 saturated heterocycles. The molecule has 0 bridgehead atoms. The molecule has 0 spiro atoms. The van der Waals surface area contributed by atoms with Crippen molar-refractivity contribution >= 4 is 22.7 Å². The third kappa shape index (κ3) is 4.62. The summed E-state index contributed by atoms with van der Waals surface area (Å²) in [6.07, 6.45) is 5.40. The summed E-state index contributed by atoms with van der Waals surface area (Å²) in [5, 5.41) is 11.2. The van der Waals surface area contributed by atoms with Crippen LogP contribution in [0.4, 0.5) is 0 Å². The SMILES string of the molecule is c1ccc(OCCCSc2nnc(-c3c[nH]c4ccccc34)n2CC2CCCO2)cc1. The lowest BCUT2D eigenvalue weighted by Crippen LogP contribution is -2.16. The molecule has 0 saturated carbocycles. The summed E-state index contributed by atoms with van der Waals surface area (Å²) in [6.45, 7) is 2.31. The number of benzene rings is 2. The van der Waals surface area contributed by atoms with Crippen LogP contribution < -0.4 is 4.74 Å². The number of nitrogens with one attached hydrogen (secondary N) is 1. The second-order valence-corrected chi connectivity index (χ2v) is 8.73. The maximum absolute atomic E-state index is 5.92. The first kappa shape index (κ1) is 20.2. The lowest BCUT2D eigenvalue weighted by Gasteiger charge is -2.14. The predicted octanol–water partition coefficient (Wildman–Crippen LogP) is 5.17. The van der Waals surface area contributed by atoms with Gasteiger partial charge in [-0.15, -0.1) is 10.2 Å². The molecule has 4 aromatic rings. The predicted molar refractivity (Wildman–Crippen MR) is 124 cm³/mol. The van der Waals surface area contributed by atoms with E-state index in [0.717, 1.165) is 71.4 Å². The number of aromatic amines is 1. The van der Waals surface area contributed by atoms with Gasteiger partial charge in [0.25, 0.3) is 0 Å². The maximum Gasteiger partial charge on any atom is 0.191 e. The minimum absolute atomic E-state index is 0.223. The Bertz CT molecular complexity index is 1120. The van der Waals surface area contributed by atoms with Crippen molar-refractivity contribution < 1.29 is 9.47 Å². The first-order valence-corrected chi connectivity index (χ1v) is 11.8. The summed E-state index contributed by atoms with van der Waals surface area (Å²) in [5.74, 6) is 2.73. The second-order valence-electron chi connectivity index (χ2n) is 7.66. The van der Waals surface area contributed by atoms with Gasteiger partial charge < -0.3 is 14.5 Å². The molecule has 1 unspecified atom stereocenters. The van der Waals surface area contributed by atoms with Crippen LogP contribution in [0, 0.1) is 0 Å². The summed E-state index contributed by atoms with van der Waals surface area (Å²) < 4.78 is 14.0. The van der Waals surface area contributed by atoms with Gasteiger partial charge in [-0.05, 0) is 37.5 Å². The van der Waals surface area contributed by atoms with E-state index in [-0.39, 0.29) is 6.10 Å².